The van der Waals surface area contributed by atoms with Crippen molar-refractivity contribution in [2.45, 2.75) is 0 Å². The zero-order valence-corrected chi connectivity index (χ0v) is 12.0. The number of methoxy groups -OCH3 is 1. The minimum atomic E-state index is -0.933. The van der Waals surface area contributed by atoms with Crippen LogP contribution in [0.2, 0.25) is 0 Å². The number of rotatable bonds is 6. The lowest BCUT2D eigenvalue weighted by Gasteiger charge is -2.07. The molecule has 1 rings (SSSR count). The molecule has 0 unspecified atom stereocenters. The van der Waals surface area contributed by atoms with Gasteiger partial charge in [0.2, 0.25) is 5.91 Å². The third-order valence-corrected chi connectivity index (χ3v) is 3.22. The number of benzene rings is 1. The molecule has 0 aliphatic carbocycles. The van der Waals surface area contributed by atoms with E-state index in [-0.39, 0.29) is 17.4 Å². The van der Waals surface area contributed by atoms with Crippen LogP contribution < -0.4 is 10.1 Å². The van der Waals surface area contributed by atoms with Crippen molar-refractivity contribution in [1.29, 1.82) is 0 Å². The molecule has 0 aromatic heterocycles. The van der Waals surface area contributed by atoms with Gasteiger partial charge in [0.25, 0.3) is 0 Å². The van der Waals surface area contributed by atoms with Crippen LogP contribution in [-0.2, 0) is 9.59 Å². The van der Waals surface area contributed by atoms with E-state index in [1.807, 2.05) is 0 Å². The molecule has 0 heterocycles. The number of anilines is 1. The Morgan fingerprint density at radius 3 is 2.72 bits per heavy atom. The fourth-order valence-electron chi connectivity index (χ4n) is 1.18. The van der Waals surface area contributed by atoms with Gasteiger partial charge in [-0.3, -0.25) is 9.59 Å². The zero-order valence-electron chi connectivity index (χ0n) is 9.60. The number of carbonyl (C=O) groups excluding carboxylic acids is 1. The summed E-state index contributed by atoms with van der Waals surface area (Å²) in [6, 6.07) is 5.20. The second-order valence-corrected chi connectivity index (χ2v) is 5.22. The lowest BCUT2D eigenvalue weighted by Crippen LogP contribution is -2.15. The molecule has 0 bridgehead atoms. The summed E-state index contributed by atoms with van der Waals surface area (Å²) in [7, 11) is 1.54. The molecule has 0 fully saturated rings. The fourth-order valence-corrected chi connectivity index (χ4v) is 2.19. The number of ether oxygens (including phenoxy) is 1. The van der Waals surface area contributed by atoms with E-state index in [0.29, 0.717) is 11.4 Å². The van der Waals surface area contributed by atoms with E-state index in [0.717, 1.165) is 16.2 Å². The standard InChI is InChI=1S/C11H12BrNO4S/c1-17-9-3-7(12)2-8(4-9)13-10(14)5-18-6-11(15)16/h2-4H,5-6H2,1H3,(H,13,14)(H,15,16). The summed E-state index contributed by atoms with van der Waals surface area (Å²) in [6.07, 6.45) is 0. The SMILES string of the molecule is COc1cc(Br)cc(NC(=O)CSCC(=O)O)c1. The van der Waals surface area contributed by atoms with Crippen LogP contribution >= 0.6 is 27.7 Å². The summed E-state index contributed by atoms with van der Waals surface area (Å²) in [6.45, 7) is 0. The van der Waals surface area contributed by atoms with E-state index in [1.165, 1.54) is 7.11 Å². The van der Waals surface area contributed by atoms with Crippen LogP contribution in [0.15, 0.2) is 22.7 Å². The molecular formula is C11H12BrNO4S. The number of halogens is 1. The normalized spacial score (nSPS) is 9.89. The molecule has 0 saturated heterocycles. The van der Waals surface area contributed by atoms with Crippen LogP contribution in [0.5, 0.6) is 5.75 Å². The zero-order chi connectivity index (χ0) is 13.5. The van der Waals surface area contributed by atoms with Gasteiger partial charge < -0.3 is 15.2 Å². The van der Waals surface area contributed by atoms with E-state index < -0.39 is 5.97 Å². The van der Waals surface area contributed by atoms with E-state index in [4.69, 9.17) is 9.84 Å². The third-order valence-electron chi connectivity index (χ3n) is 1.85. The first-order valence-electron chi connectivity index (χ1n) is 4.95. The Morgan fingerprint density at radius 1 is 1.39 bits per heavy atom. The van der Waals surface area contributed by atoms with Crippen molar-refractivity contribution in [1.82, 2.24) is 0 Å². The van der Waals surface area contributed by atoms with Crippen molar-refractivity contribution in [2.75, 3.05) is 23.9 Å². The first kappa shape index (κ1) is 14.8. The number of carboxylic acid groups (broad SMARTS) is 1. The maximum atomic E-state index is 11.5. The highest BCUT2D eigenvalue weighted by atomic mass is 79.9. The quantitative estimate of drug-likeness (QED) is 0.834. The topological polar surface area (TPSA) is 75.6 Å². The maximum Gasteiger partial charge on any atom is 0.313 e. The summed E-state index contributed by atoms with van der Waals surface area (Å²) >= 11 is 4.35. The molecule has 18 heavy (non-hydrogen) atoms. The van der Waals surface area contributed by atoms with Gasteiger partial charge in [-0.25, -0.2) is 0 Å². The van der Waals surface area contributed by atoms with E-state index in [9.17, 15) is 9.59 Å². The van der Waals surface area contributed by atoms with Crippen molar-refractivity contribution >= 4 is 45.3 Å². The lowest BCUT2D eigenvalue weighted by molar-refractivity contribution is -0.133. The maximum absolute atomic E-state index is 11.5. The predicted molar refractivity (Wildman–Crippen MR) is 74.3 cm³/mol. The number of carbonyl (C=O) groups is 2. The molecule has 0 aliphatic rings. The van der Waals surface area contributed by atoms with Crippen LogP contribution in [0.25, 0.3) is 0 Å². The number of thioether (sulfide) groups is 1. The van der Waals surface area contributed by atoms with Gasteiger partial charge in [-0.05, 0) is 12.1 Å². The number of hydrogen-bond acceptors (Lipinski definition) is 4. The predicted octanol–water partition coefficient (Wildman–Crippen LogP) is 2.21. The van der Waals surface area contributed by atoms with E-state index in [2.05, 4.69) is 21.2 Å². The number of hydrogen-bond donors (Lipinski definition) is 2. The van der Waals surface area contributed by atoms with Gasteiger partial charge in [0.1, 0.15) is 5.75 Å². The number of aliphatic carboxylic acids is 1. The summed E-state index contributed by atoms with van der Waals surface area (Å²) < 4.78 is 5.85. The van der Waals surface area contributed by atoms with Crippen LogP contribution in [-0.4, -0.2) is 35.6 Å². The Balaban J connectivity index is 2.53. The molecule has 98 valence electrons. The van der Waals surface area contributed by atoms with Crippen molar-refractivity contribution in [3.05, 3.63) is 22.7 Å². The number of amides is 1. The minimum Gasteiger partial charge on any atom is -0.497 e. The first-order chi connectivity index (χ1) is 8.51. The highest BCUT2D eigenvalue weighted by molar-refractivity contribution is 9.10. The van der Waals surface area contributed by atoms with Gasteiger partial charge in [-0.15, -0.1) is 11.8 Å². The van der Waals surface area contributed by atoms with Crippen LogP contribution in [0.3, 0.4) is 0 Å². The van der Waals surface area contributed by atoms with Gasteiger partial charge in [0.05, 0.1) is 18.6 Å². The minimum absolute atomic E-state index is 0.0881. The second-order valence-electron chi connectivity index (χ2n) is 3.31. The molecule has 5 nitrogen and oxygen atoms in total. The van der Waals surface area contributed by atoms with Crippen molar-refractivity contribution in [3.63, 3.8) is 0 Å². The van der Waals surface area contributed by atoms with E-state index in [1.54, 1.807) is 18.2 Å². The average molecular weight is 334 g/mol. The highest BCUT2D eigenvalue weighted by Crippen LogP contribution is 2.24. The summed E-state index contributed by atoms with van der Waals surface area (Å²) in [5, 5.41) is 11.1. The van der Waals surface area contributed by atoms with Crippen molar-refractivity contribution < 1.29 is 19.4 Å². The number of carboxylic acids is 1. The Morgan fingerprint density at radius 2 is 2.11 bits per heavy atom. The highest BCUT2D eigenvalue weighted by Gasteiger charge is 2.06. The van der Waals surface area contributed by atoms with E-state index >= 15 is 0 Å². The molecule has 1 amide bonds. The molecule has 0 spiro atoms. The van der Waals surface area contributed by atoms with Gasteiger partial charge >= 0.3 is 5.97 Å². The lowest BCUT2D eigenvalue weighted by atomic mass is 10.3. The molecular weight excluding hydrogens is 322 g/mol. The summed E-state index contributed by atoms with van der Waals surface area (Å²) in [5.74, 6) is -0.549. The molecule has 1 aromatic carbocycles. The molecule has 2 N–H and O–H groups in total. The second kappa shape index (κ2) is 7.27. The molecule has 0 radical (unpaired) electrons. The summed E-state index contributed by atoms with van der Waals surface area (Å²) in [5.41, 5.74) is 0.599. The van der Waals surface area contributed by atoms with Crippen LogP contribution in [0.1, 0.15) is 0 Å². The van der Waals surface area contributed by atoms with Crippen molar-refractivity contribution in [3.8, 4) is 5.75 Å². The van der Waals surface area contributed by atoms with Gasteiger partial charge in [-0.1, -0.05) is 15.9 Å². The molecule has 0 atom stereocenters. The van der Waals surface area contributed by atoms with Gasteiger partial charge in [0, 0.05) is 16.2 Å². The van der Waals surface area contributed by atoms with Crippen molar-refractivity contribution in [2.24, 2.45) is 0 Å². The summed E-state index contributed by atoms with van der Waals surface area (Å²) in [4.78, 5) is 21.8. The molecule has 0 aliphatic heterocycles. The third kappa shape index (κ3) is 5.42. The first-order valence-corrected chi connectivity index (χ1v) is 6.90. The van der Waals surface area contributed by atoms with Gasteiger partial charge in [-0.2, -0.15) is 0 Å². The largest absolute Gasteiger partial charge is 0.497 e. The van der Waals surface area contributed by atoms with Crippen LogP contribution in [0.4, 0.5) is 5.69 Å². The molecule has 0 saturated carbocycles. The average Bonchev–Trinajstić information content (AvgIpc) is 2.27. The monoisotopic (exact) mass is 333 g/mol. The molecule has 1 aromatic rings. The Labute approximate surface area is 117 Å². The Hall–Kier alpha value is -1.21. The number of nitrogens with one attached hydrogen (secondary N) is 1. The van der Waals surface area contributed by atoms with Crippen LogP contribution in [0, 0.1) is 0 Å². The Kier molecular flexibility index (Phi) is 6.00. The fraction of sp³-hybridized carbons (Fsp3) is 0.273. The molecule has 7 heteroatoms. The smallest absolute Gasteiger partial charge is 0.313 e. The van der Waals surface area contributed by atoms with Gasteiger partial charge in [0.15, 0.2) is 0 Å². The Bertz CT molecular complexity index is 453.